The van der Waals surface area contributed by atoms with Gasteiger partial charge in [0.25, 0.3) is 5.91 Å². The fourth-order valence-electron chi connectivity index (χ4n) is 3.28. The minimum atomic E-state index is 0.0463. The predicted octanol–water partition coefficient (Wildman–Crippen LogP) is 4.07. The molecule has 1 amide bonds. The Morgan fingerprint density at radius 3 is 2.67 bits per heavy atom. The molecule has 1 unspecified atom stereocenters. The van der Waals surface area contributed by atoms with E-state index in [-0.39, 0.29) is 11.9 Å². The second-order valence-corrected chi connectivity index (χ2v) is 5.87. The second kappa shape index (κ2) is 7.39. The summed E-state index contributed by atoms with van der Waals surface area (Å²) in [6, 6.07) is 15.8. The predicted molar refractivity (Wildman–Crippen MR) is 93.6 cm³/mol. The third-order valence-electron chi connectivity index (χ3n) is 4.41. The number of benzene rings is 2. The van der Waals surface area contributed by atoms with Crippen LogP contribution in [0, 0.1) is 0 Å². The van der Waals surface area contributed by atoms with Gasteiger partial charge in [-0.3, -0.25) is 4.79 Å². The van der Waals surface area contributed by atoms with Crippen LogP contribution in [0.3, 0.4) is 0 Å². The third-order valence-corrected chi connectivity index (χ3v) is 4.41. The van der Waals surface area contributed by atoms with Gasteiger partial charge >= 0.3 is 0 Å². The summed E-state index contributed by atoms with van der Waals surface area (Å²) >= 11 is 0. The normalized spacial score (nSPS) is 16.9. The van der Waals surface area contributed by atoms with Crippen molar-refractivity contribution < 1.29 is 14.3 Å². The van der Waals surface area contributed by atoms with Crippen molar-refractivity contribution in [1.29, 1.82) is 0 Å². The van der Waals surface area contributed by atoms with E-state index in [9.17, 15) is 4.79 Å². The van der Waals surface area contributed by atoms with Crippen molar-refractivity contribution in [3.05, 3.63) is 59.7 Å². The van der Waals surface area contributed by atoms with Gasteiger partial charge in [-0.2, -0.15) is 0 Å². The van der Waals surface area contributed by atoms with Gasteiger partial charge in [-0.05, 0) is 43.5 Å². The molecule has 1 aliphatic heterocycles. The summed E-state index contributed by atoms with van der Waals surface area (Å²) in [5.41, 5.74) is 1.84. The standard InChI is InChI=1S/C20H23NO3/c1-3-24-19-14-16(11-12-18(19)23-2)20(22)21-13-7-10-17(21)15-8-5-4-6-9-15/h4-6,8-9,11-12,14,17H,3,7,10,13H2,1-2H3. The van der Waals surface area contributed by atoms with E-state index in [2.05, 4.69) is 12.1 Å². The Morgan fingerprint density at radius 1 is 1.17 bits per heavy atom. The maximum absolute atomic E-state index is 13.0. The number of hydrogen-bond donors (Lipinski definition) is 0. The highest BCUT2D eigenvalue weighted by molar-refractivity contribution is 5.95. The zero-order chi connectivity index (χ0) is 16.9. The lowest BCUT2D eigenvalue weighted by atomic mass is 10.0. The van der Waals surface area contributed by atoms with Gasteiger partial charge in [-0.15, -0.1) is 0 Å². The molecular weight excluding hydrogens is 302 g/mol. The van der Waals surface area contributed by atoms with Crippen molar-refractivity contribution >= 4 is 5.91 Å². The number of carbonyl (C=O) groups excluding carboxylic acids is 1. The largest absolute Gasteiger partial charge is 0.493 e. The number of carbonyl (C=O) groups is 1. The van der Waals surface area contributed by atoms with E-state index in [1.165, 1.54) is 5.56 Å². The van der Waals surface area contributed by atoms with Crippen LogP contribution >= 0.6 is 0 Å². The van der Waals surface area contributed by atoms with Crippen LogP contribution in [0.4, 0.5) is 0 Å². The molecule has 0 aromatic heterocycles. The number of nitrogens with zero attached hydrogens (tertiary/aromatic N) is 1. The summed E-state index contributed by atoms with van der Waals surface area (Å²) in [6.07, 6.45) is 2.03. The Kier molecular flexibility index (Phi) is 5.04. The molecule has 0 bridgehead atoms. The summed E-state index contributed by atoms with van der Waals surface area (Å²) in [5.74, 6) is 1.31. The van der Waals surface area contributed by atoms with Gasteiger partial charge in [0.05, 0.1) is 19.8 Å². The average molecular weight is 325 g/mol. The summed E-state index contributed by atoms with van der Waals surface area (Å²) in [4.78, 5) is 15.0. The molecule has 4 nitrogen and oxygen atoms in total. The van der Waals surface area contributed by atoms with Gasteiger partial charge in [0.15, 0.2) is 11.5 Å². The molecule has 0 spiro atoms. The average Bonchev–Trinajstić information content (AvgIpc) is 3.12. The fraction of sp³-hybridized carbons (Fsp3) is 0.350. The van der Waals surface area contributed by atoms with Crippen molar-refractivity contribution in [2.45, 2.75) is 25.8 Å². The first kappa shape index (κ1) is 16.4. The maximum Gasteiger partial charge on any atom is 0.254 e. The molecule has 1 saturated heterocycles. The van der Waals surface area contributed by atoms with Gasteiger partial charge < -0.3 is 14.4 Å². The molecular formula is C20H23NO3. The first-order valence-electron chi connectivity index (χ1n) is 8.41. The molecule has 0 radical (unpaired) electrons. The Bertz CT molecular complexity index is 699. The van der Waals surface area contributed by atoms with Crippen molar-refractivity contribution in [2.75, 3.05) is 20.3 Å². The third kappa shape index (κ3) is 3.23. The van der Waals surface area contributed by atoms with E-state index in [0.717, 1.165) is 19.4 Å². The Morgan fingerprint density at radius 2 is 1.96 bits per heavy atom. The lowest BCUT2D eigenvalue weighted by Crippen LogP contribution is -2.30. The fourth-order valence-corrected chi connectivity index (χ4v) is 3.28. The highest BCUT2D eigenvalue weighted by Crippen LogP contribution is 2.34. The van der Waals surface area contributed by atoms with Crippen molar-refractivity contribution in [3.8, 4) is 11.5 Å². The van der Waals surface area contributed by atoms with Crippen LogP contribution in [0.2, 0.25) is 0 Å². The van der Waals surface area contributed by atoms with E-state index in [1.54, 1.807) is 19.2 Å². The van der Waals surface area contributed by atoms with E-state index in [0.29, 0.717) is 23.7 Å². The van der Waals surface area contributed by atoms with Crippen LogP contribution in [-0.4, -0.2) is 31.1 Å². The summed E-state index contributed by atoms with van der Waals surface area (Å²) in [5, 5.41) is 0. The molecule has 0 saturated carbocycles. The Hall–Kier alpha value is -2.49. The monoisotopic (exact) mass is 325 g/mol. The molecule has 0 N–H and O–H groups in total. The first-order chi connectivity index (χ1) is 11.7. The minimum Gasteiger partial charge on any atom is -0.493 e. The van der Waals surface area contributed by atoms with Gasteiger partial charge in [-0.1, -0.05) is 30.3 Å². The molecule has 2 aromatic carbocycles. The quantitative estimate of drug-likeness (QED) is 0.832. The van der Waals surface area contributed by atoms with Crippen molar-refractivity contribution in [1.82, 2.24) is 4.90 Å². The van der Waals surface area contributed by atoms with Crippen LogP contribution < -0.4 is 9.47 Å². The molecule has 24 heavy (non-hydrogen) atoms. The summed E-state index contributed by atoms with van der Waals surface area (Å²) in [6.45, 7) is 3.23. The highest BCUT2D eigenvalue weighted by Gasteiger charge is 2.30. The zero-order valence-corrected chi connectivity index (χ0v) is 14.2. The van der Waals surface area contributed by atoms with E-state index >= 15 is 0 Å². The minimum absolute atomic E-state index is 0.0463. The smallest absolute Gasteiger partial charge is 0.254 e. The molecule has 1 heterocycles. The van der Waals surface area contributed by atoms with Crippen LogP contribution in [-0.2, 0) is 0 Å². The molecule has 0 aliphatic carbocycles. The molecule has 1 fully saturated rings. The van der Waals surface area contributed by atoms with Gasteiger partial charge in [0, 0.05) is 12.1 Å². The first-order valence-corrected chi connectivity index (χ1v) is 8.41. The van der Waals surface area contributed by atoms with Crippen molar-refractivity contribution in [2.24, 2.45) is 0 Å². The van der Waals surface area contributed by atoms with Crippen LogP contribution in [0.25, 0.3) is 0 Å². The van der Waals surface area contributed by atoms with Crippen LogP contribution in [0.15, 0.2) is 48.5 Å². The highest BCUT2D eigenvalue weighted by atomic mass is 16.5. The van der Waals surface area contributed by atoms with Crippen molar-refractivity contribution in [3.63, 3.8) is 0 Å². The van der Waals surface area contributed by atoms with Gasteiger partial charge in [0.1, 0.15) is 0 Å². The van der Waals surface area contributed by atoms with E-state index in [1.807, 2.05) is 36.1 Å². The number of amides is 1. The molecule has 1 aliphatic rings. The van der Waals surface area contributed by atoms with Crippen LogP contribution in [0.5, 0.6) is 11.5 Å². The lowest BCUT2D eigenvalue weighted by molar-refractivity contribution is 0.0735. The number of hydrogen-bond acceptors (Lipinski definition) is 3. The van der Waals surface area contributed by atoms with Gasteiger partial charge in [0.2, 0.25) is 0 Å². The summed E-state index contributed by atoms with van der Waals surface area (Å²) in [7, 11) is 1.60. The lowest BCUT2D eigenvalue weighted by Gasteiger charge is -2.25. The number of methoxy groups -OCH3 is 1. The number of likely N-dealkylation sites (tertiary alicyclic amines) is 1. The SMILES string of the molecule is CCOc1cc(C(=O)N2CCCC2c2ccccc2)ccc1OC. The van der Waals surface area contributed by atoms with Crippen LogP contribution in [0.1, 0.15) is 41.7 Å². The molecule has 1 atom stereocenters. The topological polar surface area (TPSA) is 38.8 Å². The Labute approximate surface area is 143 Å². The Balaban J connectivity index is 1.86. The molecule has 2 aromatic rings. The van der Waals surface area contributed by atoms with E-state index < -0.39 is 0 Å². The molecule has 126 valence electrons. The maximum atomic E-state index is 13.0. The second-order valence-electron chi connectivity index (χ2n) is 5.87. The zero-order valence-electron chi connectivity index (χ0n) is 14.2. The van der Waals surface area contributed by atoms with E-state index in [4.69, 9.17) is 9.47 Å². The number of ether oxygens (including phenoxy) is 2. The molecule has 3 rings (SSSR count). The summed E-state index contributed by atoms with van der Waals surface area (Å²) < 4.78 is 10.9. The van der Waals surface area contributed by atoms with Gasteiger partial charge in [-0.25, -0.2) is 0 Å². The molecule has 4 heteroatoms. The number of rotatable bonds is 5.